The Kier molecular flexibility index (Phi) is 8.52. The van der Waals surface area contributed by atoms with Gasteiger partial charge in [-0.25, -0.2) is 8.78 Å². The average molecular weight is 459 g/mol. The lowest BCUT2D eigenvalue weighted by atomic mass is 9.96. The van der Waals surface area contributed by atoms with Crippen LogP contribution in [0.5, 0.6) is 0 Å². The fourth-order valence-electron chi connectivity index (χ4n) is 3.71. The number of hydrogen-bond acceptors (Lipinski definition) is 4. The normalized spacial score (nSPS) is 14.1. The maximum atomic E-state index is 13.8. The first-order valence-electron chi connectivity index (χ1n) is 11.1. The molecule has 3 rings (SSSR count). The summed E-state index contributed by atoms with van der Waals surface area (Å²) in [6, 6.07) is 10.9. The van der Waals surface area contributed by atoms with Gasteiger partial charge in [-0.2, -0.15) is 0 Å². The summed E-state index contributed by atoms with van der Waals surface area (Å²) in [4.78, 5) is 38.1. The molecule has 2 amide bonds. The van der Waals surface area contributed by atoms with Gasteiger partial charge in [0.05, 0.1) is 18.0 Å². The minimum Gasteiger partial charge on any atom is -0.464 e. The largest absolute Gasteiger partial charge is 0.464 e. The second kappa shape index (κ2) is 11.5. The van der Waals surface area contributed by atoms with E-state index in [1.165, 1.54) is 10.5 Å². The number of ether oxygens (including phenoxy) is 1. The second-order valence-corrected chi connectivity index (χ2v) is 8.19. The highest BCUT2D eigenvalue weighted by atomic mass is 19.1. The van der Waals surface area contributed by atoms with Crippen molar-refractivity contribution in [2.45, 2.75) is 32.6 Å². The second-order valence-electron chi connectivity index (χ2n) is 8.19. The molecule has 6 nitrogen and oxygen atoms in total. The van der Waals surface area contributed by atoms with Crippen molar-refractivity contribution in [3.63, 3.8) is 0 Å². The molecule has 0 aromatic heterocycles. The van der Waals surface area contributed by atoms with Crippen molar-refractivity contribution in [1.29, 1.82) is 0 Å². The zero-order valence-electron chi connectivity index (χ0n) is 18.6. The number of nitrogens with one attached hydrogen (secondary N) is 1. The Labute approximate surface area is 191 Å². The SMILES string of the molecule is Cc1ccc(CCC(=O)NCCOC(=O)C2CCN(C(=O)c3ccc(F)cc3F)CC2)cc1. The summed E-state index contributed by atoms with van der Waals surface area (Å²) in [5.74, 6) is -3.00. The maximum absolute atomic E-state index is 13.8. The third-order valence-electron chi connectivity index (χ3n) is 5.71. The lowest BCUT2D eigenvalue weighted by Gasteiger charge is -2.31. The van der Waals surface area contributed by atoms with Gasteiger partial charge in [0.2, 0.25) is 5.91 Å². The third-order valence-corrected chi connectivity index (χ3v) is 5.71. The fraction of sp³-hybridized carbons (Fsp3) is 0.400. The van der Waals surface area contributed by atoms with Gasteiger partial charge in [0, 0.05) is 25.6 Å². The molecule has 0 radical (unpaired) electrons. The molecule has 1 N–H and O–H groups in total. The zero-order chi connectivity index (χ0) is 23.8. The lowest BCUT2D eigenvalue weighted by Crippen LogP contribution is -2.41. The fourth-order valence-corrected chi connectivity index (χ4v) is 3.71. The van der Waals surface area contributed by atoms with E-state index in [0.717, 1.165) is 17.7 Å². The van der Waals surface area contributed by atoms with E-state index in [4.69, 9.17) is 4.74 Å². The average Bonchev–Trinajstić information content (AvgIpc) is 2.81. The molecule has 0 saturated carbocycles. The number of piperidine rings is 1. The van der Waals surface area contributed by atoms with Crippen LogP contribution < -0.4 is 5.32 Å². The van der Waals surface area contributed by atoms with Crippen LogP contribution in [0.4, 0.5) is 8.78 Å². The molecule has 2 aromatic carbocycles. The predicted octanol–water partition coefficient (Wildman–Crippen LogP) is 3.42. The van der Waals surface area contributed by atoms with Gasteiger partial charge in [0.25, 0.3) is 5.91 Å². The van der Waals surface area contributed by atoms with Crippen molar-refractivity contribution < 1.29 is 27.9 Å². The van der Waals surface area contributed by atoms with Gasteiger partial charge in [-0.05, 0) is 43.9 Å². The first kappa shape index (κ1) is 24.4. The van der Waals surface area contributed by atoms with Gasteiger partial charge < -0.3 is 15.0 Å². The molecule has 0 aliphatic carbocycles. The van der Waals surface area contributed by atoms with Crippen LogP contribution in [0.25, 0.3) is 0 Å². The quantitative estimate of drug-likeness (QED) is 0.486. The molecule has 1 saturated heterocycles. The molecular formula is C25H28F2N2O4. The lowest BCUT2D eigenvalue weighted by molar-refractivity contribution is -0.150. The monoisotopic (exact) mass is 458 g/mol. The standard InChI is InChI=1S/C25H28F2N2O4/c1-17-2-4-18(5-3-17)6-9-23(30)28-12-15-33-25(32)19-10-13-29(14-11-19)24(31)21-8-7-20(26)16-22(21)27/h2-5,7-8,16,19H,6,9-15H2,1H3,(H,28,30). The number of hydrogen-bond donors (Lipinski definition) is 1. The number of carbonyl (C=O) groups is 3. The van der Waals surface area contributed by atoms with Crippen molar-refractivity contribution in [2.24, 2.45) is 5.92 Å². The Hall–Kier alpha value is -3.29. The molecule has 8 heteroatoms. The minimum atomic E-state index is -0.901. The number of halogens is 2. The van der Waals surface area contributed by atoms with Gasteiger partial charge in [-0.3, -0.25) is 14.4 Å². The topological polar surface area (TPSA) is 75.7 Å². The van der Waals surface area contributed by atoms with Crippen molar-refractivity contribution in [2.75, 3.05) is 26.2 Å². The Bertz CT molecular complexity index is 986. The van der Waals surface area contributed by atoms with E-state index >= 15 is 0 Å². The van der Waals surface area contributed by atoms with Crippen LogP contribution in [-0.4, -0.2) is 48.9 Å². The van der Waals surface area contributed by atoms with Crippen LogP contribution in [0.3, 0.4) is 0 Å². The molecule has 0 atom stereocenters. The van der Waals surface area contributed by atoms with E-state index in [1.54, 1.807) is 0 Å². The zero-order valence-corrected chi connectivity index (χ0v) is 18.6. The van der Waals surface area contributed by atoms with Crippen LogP contribution >= 0.6 is 0 Å². The minimum absolute atomic E-state index is 0.0784. The van der Waals surface area contributed by atoms with Gasteiger partial charge in [-0.1, -0.05) is 29.8 Å². The Balaban J connectivity index is 1.32. The van der Waals surface area contributed by atoms with Crippen molar-refractivity contribution in [1.82, 2.24) is 10.2 Å². The van der Waals surface area contributed by atoms with E-state index in [1.807, 2.05) is 31.2 Å². The Morgan fingerprint density at radius 3 is 2.42 bits per heavy atom. The highest BCUT2D eigenvalue weighted by molar-refractivity contribution is 5.94. The number of amides is 2. The molecule has 1 aliphatic heterocycles. The molecule has 0 bridgehead atoms. The Morgan fingerprint density at radius 1 is 1.06 bits per heavy atom. The van der Waals surface area contributed by atoms with Crippen LogP contribution in [0.1, 0.15) is 40.7 Å². The summed E-state index contributed by atoms with van der Waals surface area (Å²) in [7, 11) is 0. The molecule has 1 aliphatic rings. The molecular weight excluding hydrogens is 430 g/mol. The highest BCUT2D eigenvalue weighted by Crippen LogP contribution is 2.21. The number of esters is 1. The smallest absolute Gasteiger partial charge is 0.309 e. The van der Waals surface area contributed by atoms with Crippen LogP contribution in [-0.2, 0) is 20.7 Å². The van der Waals surface area contributed by atoms with Gasteiger partial charge in [0.1, 0.15) is 18.2 Å². The number of aryl methyl sites for hydroxylation is 2. The molecule has 1 heterocycles. The molecule has 176 valence electrons. The van der Waals surface area contributed by atoms with Crippen LogP contribution in [0.2, 0.25) is 0 Å². The van der Waals surface area contributed by atoms with Crippen molar-refractivity contribution >= 4 is 17.8 Å². The van der Waals surface area contributed by atoms with E-state index < -0.39 is 17.5 Å². The summed E-state index contributed by atoms with van der Waals surface area (Å²) in [5.41, 5.74) is 2.08. The van der Waals surface area contributed by atoms with Gasteiger partial charge >= 0.3 is 5.97 Å². The number of carbonyl (C=O) groups excluding carboxylic acids is 3. The highest BCUT2D eigenvalue weighted by Gasteiger charge is 2.29. The maximum Gasteiger partial charge on any atom is 0.309 e. The summed E-state index contributed by atoms with van der Waals surface area (Å²) in [6.07, 6.45) is 1.80. The van der Waals surface area contributed by atoms with Gasteiger partial charge in [-0.15, -0.1) is 0 Å². The van der Waals surface area contributed by atoms with Crippen LogP contribution in [0, 0.1) is 24.5 Å². The molecule has 33 heavy (non-hydrogen) atoms. The van der Waals surface area contributed by atoms with E-state index in [0.29, 0.717) is 31.7 Å². The van der Waals surface area contributed by atoms with E-state index in [9.17, 15) is 23.2 Å². The number of rotatable bonds is 8. The van der Waals surface area contributed by atoms with Crippen molar-refractivity contribution in [3.8, 4) is 0 Å². The first-order valence-corrected chi connectivity index (χ1v) is 11.1. The van der Waals surface area contributed by atoms with Crippen molar-refractivity contribution in [3.05, 3.63) is 70.8 Å². The third kappa shape index (κ3) is 7.10. The summed E-state index contributed by atoms with van der Waals surface area (Å²) in [5, 5.41) is 2.74. The molecule has 2 aromatic rings. The molecule has 1 fully saturated rings. The van der Waals surface area contributed by atoms with E-state index in [-0.39, 0.29) is 49.6 Å². The van der Waals surface area contributed by atoms with E-state index in [2.05, 4.69) is 5.32 Å². The summed E-state index contributed by atoms with van der Waals surface area (Å²) >= 11 is 0. The van der Waals surface area contributed by atoms with Crippen LogP contribution in [0.15, 0.2) is 42.5 Å². The Morgan fingerprint density at radius 2 is 1.76 bits per heavy atom. The van der Waals surface area contributed by atoms with Gasteiger partial charge in [0.15, 0.2) is 0 Å². The summed E-state index contributed by atoms with van der Waals surface area (Å²) in [6.45, 7) is 2.89. The summed E-state index contributed by atoms with van der Waals surface area (Å²) < 4.78 is 32.2. The number of likely N-dealkylation sites (tertiary alicyclic amines) is 1. The number of nitrogens with zero attached hydrogens (tertiary/aromatic N) is 1. The predicted molar refractivity (Wildman–Crippen MR) is 118 cm³/mol. The molecule has 0 spiro atoms. The number of benzene rings is 2. The first-order chi connectivity index (χ1) is 15.8. The molecule has 0 unspecified atom stereocenters.